The maximum atomic E-state index is 9.08. The first-order chi connectivity index (χ1) is 12.6. The lowest BCUT2D eigenvalue weighted by Crippen LogP contribution is -2.10. The maximum absolute atomic E-state index is 9.08. The van der Waals surface area contributed by atoms with Crippen molar-refractivity contribution in [3.63, 3.8) is 0 Å². The lowest BCUT2D eigenvalue weighted by molar-refractivity contribution is 0.0859. The van der Waals surface area contributed by atoms with Gasteiger partial charge >= 0.3 is 0 Å². The normalized spacial score (nSPS) is 13.2. The van der Waals surface area contributed by atoms with Crippen LogP contribution >= 0.6 is 0 Å². The van der Waals surface area contributed by atoms with Crippen LogP contribution in [0.2, 0.25) is 0 Å². The van der Waals surface area contributed by atoms with Gasteiger partial charge < -0.3 is 20.4 Å². The predicted octanol–water partition coefficient (Wildman–Crippen LogP) is 4.96. The second-order valence-corrected chi connectivity index (χ2v) is 7.49. The Labute approximate surface area is 163 Å². The van der Waals surface area contributed by atoms with Crippen molar-refractivity contribution in [2.24, 2.45) is 0 Å². The first-order valence-corrected chi connectivity index (χ1v) is 11.2. The summed E-state index contributed by atoms with van der Waals surface area (Å²) in [6.07, 6.45) is 18.2. The van der Waals surface area contributed by atoms with Crippen LogP contribution in [0.4, 0.5) is 0 Å². The minimum absolute atomic E-state index is 0.0868. The second-order valence-electron chi connectivity index (χ2n) is 7.49. The summed E-state index contributed by atoms with van der Waals surface area (Å²) in [7, 11) is 0. The van der Waals surface area contributed by atoms with E-state index in [-0.39, 0.29) is 13.2 Å². The number of aliphatic hydroxyl groups excluding tert-OH is 4. The molecule has 0 aromatic rings. The summed E-state index contributed by atoms with van der Waals surface area (Å²) in [6, 6.07) is 0. The Morgan fingerprint density at radius 1 is 0.462 bits per heavy atom. The Balaban J connectivity index is 0. The van der Waals surface area contributed by atoms with Crippen molar-refractivity contribution in [1.29, 1.82) is 0 Å². The molecule has 0 aromatic heterocycles. The van der Waals surface area contributed by atoms with Crippen molar-refractivity contribution in [1.82, 2.24) is 0 Å². The first kappa shape index (κ1) is 28.1. The van der Waals surface area contributed by atoms with Gasteiger partial charge in [-0.05, 0) is 12.8 Å². The fourth-order valence-corrected chi connectivity index (χ4v) is 2.86. The van der Waals surface area contributed by atoms with Gasteiger partial charge in [-0.1, -0.05) is 104 Å². The van der Waals surface area contributed by atoms with E-state index >= 15 is 0 Å². The van der Waals surface area contributed by atoms with Gasteiger partial charge in [0.05, 0.1) is 25.4 Å². The number of rotatable bonds is 18. The van der Waals surface area contributed by atoms with Crippen LogP contribution < -0.4 is 0 Å². The molecule has 0 spiro atoms. The van der Waals surface area contributed by atoms with E-state index in [9.17, 15) is 0 Å². The zero-order valence-corrected chi connectivity index (χ0v) is 17.7. The smallest absolute Gasteiger partial charge is 0.0770 e. The van der Waals surface area contributed by atoms with Gasteiger partial charge in [0.1, 0.15) is 0 Å². The van der Waals surface area contributed by atoms with Gasteiger partial charge in [-0.25, -0.2) is 0 Å². The van der Waals surface area contributed by atoms with E-state index in [0.717, 1.165) is 25.7 Å². The highest BCUT2D eigenvalue weighted by Gasteiger charge is 2.01. The van der Waals surface area contributed by atoms with Gasteiger partial charge in [-0.2, -0.15) is 0 Å². The molecule has 0 aromatic carbocycles. The summed E-state index contributed by atoms with van der Waals surface area (Å²) >= 11 is 0. The molecule has 0 aliphatic heterocycles. The fourth-order valence-electron chi connectivity index (χ4n) is 2.86. The molecule has 2 atom stereocenters. The Bertz CT molecular complexity index is 236. The van der Waals surface area contributed by atoms with Crippen LogP contribution in [0.5, 0.6) is 0 Å². The summed E-state index contributed by atoms with van der Waals surface area (Å²) in [4.78, 5) is 0. The van der Waals surface area contributed by atoms with Crippen molar-refractivity contribution in [2.45, 2.75) is 129 Å². The Morgan fingerprint density at radius 3 is 1.00 bits per heavy atom. The van der Waals surface area contributed by atoms with E-state index in [1.807, 2.05) is 0 Å². The topological polar surface area (TPSA) is 80.9 Å². The van der Waals surface area contributed by atoms with Gasteiger partial charge in [0.2, 0.25) is 0 Å². The minimum Gasteiger partial charge on any atom is -0.394 e. The van der Waals surface area contributed by atoms with Crippen molar-refractivity contribution in [3.05, 3.63) is 0 Å². The maximum Gasteiger partial charge on any atom is 0.0770 e. The van der Waals surface area contributed by atoms with Gasteiger partial charge in [-0.15, -0.1) is 0 Å². The van der Waals surface area contributed by atoms with Crippen LogP contribution in [0.25, 0.3) is 0 Å². The van der Waals surface area contributed by atoms with Crippen molar-refractivity contribution in [2.75, 3.05) is 13.2 Å². The van der Waals surface area contributed by atoms with Crippen molar-refractivity contribution in [3.8, 4) is 0 Å². The second kappa shape index (κ2) is 24.8. The van der Waals surface area contributed by atoms with Gasteiger partial charge in [-0.3, -0.25) is 0 Å². The minimum atomic E-state index is -0.491. The lowest BCUT2D eigenvalue weighted by atomic mass is 10.1. The summed E-state index contributed by atoms with van der Waals surface area (Å²) in [5.74, 6) is 0. The molecular formula is C22H48O4. The average molecular weight is 377 g/mol. The van der Waals surface area contributed by atoms with Crippen LogP contribution in [0.1, 0.15) is 117 Å². The number of hydrogen-bond acceptors (Lipinski definition) is 4. The highest BCUT2D eigenvalue weighted by atomic mass is 16.3. The molecular weight excluding hydrogens is 328 g/mol. The summed E-state index contributed by atoms with van der Waals surface area (Å²) < 4.78 is 0. The van der Waals surface area contributed by atoms with E-state index in [1.165, 1.54) is 77.0 Å². The van der Waals surface area contributed by atoms with Gasteiger partial charge in [0, 0.05) is 0 Å². The molecule has 0 amide bonds. The Hall–Kier alpha value is -0.160. The predicted molar refractivity (Wildman–Crippen MR) is 111 cm³/mol. The number of hydrogen-bond donors (Lipinski definition) is 4. The summed E-state index contributed by atoms with van der Waals surface area (Å²) in [5, 5.41) is 35.2. The lowest BCUT2D eigenvalue weighted by Gasteiger charge is -2.06. The first-order valence-electron chi connectivity index (χ1n) is 11.2. The Morgan fingerprint density at radius 2 is 0.731 bits per heavy atom. The van der Waals surface area contributed by atoms with Crippen molar-refractivity contribution >= 4 is 0 Å². The molecule has 2 unspecified atom stereocenters. The Kier molecular flexibility index (Phi) is 26.8. The number of aliphatic hydroxyl groups is 4. The third-order valence-corrected chi connectivity index (χ3v) is 4.70. The zero-order valence-electron chi connectivity index (χ0n) is 17.7. The average Bonchev–Trinajstić information content (AvgIpc) is 2.66. The van der Waals surface area contributed by atoms with E-state index in [4.69, 9.17) is 20.4 Å². The molecule has 0 saturated heterocycles. The fraction of sp³-hybridized carbons (Fsp3) is 1.00. The third-order valence-electron chi connectivity index (χ3n) is 4.70. The van der Waals surface area contributed by atoms with Crippen LogP contribution in [-0.4, -0.2) is 45.8 Å². The summed E-state index contributed by atoms with van der Waals surface area (Å²) in [6.45, 7) is 4.26. The molecule has 4 N–H and O–H groups in total. The standard InChI is InChI=1S/C12H26O2.C10H22O2/c1-2-3-4-5-6-7-8-9-10-12(14)11-13;1-2-3-4-5-6-7-8-10(12)9-11/h12-14H,2-11H2,1H3;10-12H,2-9H2,1H3. The molecule has 0 aliphatic rings. The van der Waals surface area contributed by atoms with Gasteiger partial charge in [0.25, 0.3) is 0 Å². The van der Waals surface area contributed by atoms with Crippen LogP contribution in [0.3, 0.4) is 0 Å². The van der Waals surface area contributed by atoms with E-state index < -0.39 is 12.2 Å². The molecule has 160 valence electrons. The molecule has 0 rings (SSSR count). The largest absolute Gasteiger partial charge is 0.394 e. The monoisotopic (exact) mass is 376 g/mol. The van der Waals surface area contributed by atoms with E-state index in [2.05, 4.69) is 13.8 Å². The van der Waals surface area contributed by atoms with Crippen molar-refractivity contribution < 1.29 is 20.4 Å². The quantitative estimate of drug-likeness (QED) is 0.255. The van der Waals surface area contributed by atoms with Crippen LogP contribution in [0.15, 0.2) is 0 Å². The highest BCUT2D eigenvalue weighted by Crippen LogP contribution is 2.10. The van der Waals surface area contributed by atoms with E-state index in [1.54, 1.807) is 0 Å². The van der Waals surface area contributed by atoms with Crippen LogP contribution in [-0.2, 0) is 0 Å². The zero-order chi connectivity index (χ0) is 19.9. The molecule has 4 heteroatoms. The van der Waals surface area contributed by atoms with E-state index in [0.29, 0.717) is 0 Å². The molecule has 0 saturated carbocycles. The van der Waals surface area contributed by atoms with Crippen LogP contribution in [0, 0.1) is 0 Å². The molecule has 26 heavy (non-hydrogen) atoms. The molecule has 0 aliphatic carbocycles. The molecule has 0 radical (unpaired) electrons. The summed E-state index contributed by atoms with van der Waals surface area (Å²) in [5.41, 5.74) is 0. The number of unbranched alkanes of at least 4 members (excludes halogenated alkanes) is 12. The molecule has 0 heterocycles. The SMILES string of the molecule is CCCCCCCCC(O)CO.CCCCCCCCCCC(O)CO. The molecule has 0 fully saturated rings. The highest BCUT2D eigenvalue weighted by molar-refractivity contribution is 4.54. The third kappa shape index (κ3) is 26.1. The van der Waals surface area contributed by atoms with Gasteiger partial charge in [0.15, 0.2) is 0 Å². The molecule has 0 bridgehead atoms. The molecule has 4 nitrogen and oxygen atoms in total.